The summed E-state index contributed by atoms with van der Waals surface area (Å²) in [4.78, 5) is 32.3. The molecule has 41 heavy (non-hydrogen) atoms. The minimum atomic E-state index is -0.798. The SMILES string of the molecule is C=CCc1cc(/C=c2/sc3n(c2=O)[C@@H](c2ccc(OC)c(OCC)c2)C(C(=O)OCC)=C(C)N=3)cc(OCC)c1O. The lowest BCUT2D eigenvalue weighted by Crippen LogP contribution is -2.40. The Morgan fingerprint density at radius 2 is 1.83 bits per heavy atom. The largest absolute Gasteiger partial charge is 0.504 e. The van der Waals surface area contributed by atoms with Gasteiger partial charge in [0.25, 0.3) is 5.56 Å². The van der Waals surface area contributed by atoms with Crippen molar-refractivity contribution in [1.82, 2.24) is 4.57 Å². The van der Waals surface area contributed by atoms with E-state index >= 15 is 0 Å². The smallest absolute Gasteiger partial charge is 0.338 e. The van der Waals surface area contributed by atoms with E-state index in [1.165, 1.54) is 15.9 Å². The minimum absolute atomic E-state index is 0.0460. The molecule has 1 N–H and O–H groups in total. The summed E-state index contributed by atoms with van der Waals surface area (Å²) >= 11 is 1.21. The molecule has 4 rings (SSSR count). The van der Waals surface area contributed by atoms with Crippen molar-refractivity contribution in [3.8, 4) is 23.0 Å². The van der Waals surface area contributed by atoms with Crippen molar-refractivity contribution in [2.75, 3.05) is 26.9 Å². The molecular formula is C31H34N2O7S. The van der Waals surface area contributed by atoms with Gasteiger partial charge in [0.2, 0.25) is 0 Å². The highest BCUT2D eigenvalue weighted by Crippen LogP contribution is 2.36. The van der Waals surface area contributed by atoms with E-state index in [0.29, 0.717) is 68.6 Å². The number of ether oxygens (including phenoxy) is 4. The maximum atomic E-state index is 14.0. The number of hydrogen-bond acceptors (Lipinski definition) is 9. The molecule has 0 amide bonds. The van der Waals surface area contributed by atoms with Crippen LogP contribution in [0.1, 0.15) is 50.4 Å². The van der Waals surface area contributed by atoms with E-state index in [2.05, 4.69) is 11.6 Å². The zero-order valence-electron chi connectivity index (χ0n) is 23.9. The van der Waals surface area contributed by atoms with Crippen LogP contribution >= 0.6 is 11.3 Å². The van der Waals surface area contributed by atoms with Crippen LogP contribution in [-0.2, 0) is 16.0 Å². The number of methoxy groups -OCH3 is 1. The molecule has 0 unspecified atom stereocenters. The van der Waals surface area contributed by atoms with Crippen LogP contribution in [0.15, 0.2) is 64.0 Å². The molecule has 10 heteroatoms. The Morgan fingerprint density at radius 1 is 1.10 bits per heavy atom. The van der Waals surface area contributed by atoms with Gasteiger partial charge in [-0.3, -0.25) is 9.36 Å². The predicted molar refractivity (Wildman–Crippen MR) is 158 cm³/mol. The number of aromatic hydroxyl groups is 1. The normalized spacial score (nSPS) is 14.8. The Hall–Kier alpha value is -4.31. The number of hydrogen-bond donors (Lipinski definition) is 1. The maximum Gasteiger partial charge on any atom is 0.338 e. The first-order valence-electron chi connectivity index (χ1n) is 13.4. The number of rotatable bonds is 11. The molecule has 1 aliphatic rings. The number of benzene rings is 2. The Balaban J connectivity index is 1.96. The first-order valence-corrected chi connectivity index (χ1v) is 14.2. The minimum Gasteiger partial charge on any atom is -0.504 e. The van der Waals surface area contributed by atoms with E-state index < -0.39 is 12.0 Å². The van der Waals surface area contributed by atoms with Gasteiger partial charge in [0, 0.05) is 5.56 Å². The highest BCUT2D eigenvalue weighted by molar-refractivity contribution is 7.07. The average molecular weight is 579 g/mol. The number of carbonyl (C=O) groups excluding carboxylic acids is 1. The quantitative estimate of drug-likeness (QED) is 0.270. The summed E-state index contributed by atoms with van der Waals surface area (Å²) in [7, 11) is 1.55. The highest BCUT2D eigenvalue weighted by Gasteiger charge is 2.34. The van der Waals surface area contributed by atoms with Gasteiger partial charge in [-0.1, -0.05) is 23.5 Å². The number of thiazole rings is 1. The van der Waals surface area contributed by atoms with Crippen LogP contribution in [0.5, 0.6) is 23.0 Å². The number of aromatic nitrogens is 1. The molecule has 1 atom stereocenters. The Morgan fingerprint density at radius 3 is 2.49 bits per heavy atom. The second kappa shape index (κ2) is 12.9. The number of nitrogens with zero attached hydrogens (tertiary/aromatic N) is 2. The summed E-state index contributed by atoms with van der Waals surface area (Å²) in [5, 5.41) is 10.6. The molecule has 0 aliphatic carbocycles. The third-order valence-corrected chi connectivity index (χ3v) is 7.44. The van der Waals surface area contributed by atoms with Crippen molar-refractivity contribution in [1.29, 1.82) is 0 Å². The zero-order chi connectivity index (χ0) is 29.7. The summed E-state index contributed by atoms with van der Waals surface area (Å²) in [6.45, 7) is 11.9. The third-order valence-electron chi connectivity index (χ3n) is 6.46. The Labute approximate surface area is 242 Å². The molecule has 1 aliphatic heterocycles. The van der Waals surface area contributed by atoms with Crippen molar-refractivity contribution in [2.45, 2.75) is 40.2 Å². The first-order chi connectivity index (χ1) is 19.8. The molecule has 0 saturated heterocycles. The van der Waals surface area contributed by atoms with Gasteiger partial charge in [-0.15, -0.1) is 6.58 Å². The van der Waals surface area contributed by atoms with Crippen LogP contribution in [0.4, 0.5) is 0 Å². The third kappa shape index (κ3) is 5.92. The molecule has 1 aromatic heterocycles. The Kier molecular flexibility index (Phi) is 9.34. The molecular weight excluding hydrogens is 544 g/mol. The van der Waals surface area contributed by atoms with Gasteiger partial charge in [0.15, 0.2) is 27.8 Å². The molecule has 0 spiro atoms. The standard InChI is InChI=1S/C31H34N2O7S/c1-7-11-21-14-19(15-24(28(21)34)39-9-3)16-25-29(35)33-27(20-12-13-22(37-6)23(17-20)38-8-2)26(30(36)40-10-4)18(5)32-31(33)41-25/h7,12-17,27,34H,1,8-11H2,2-6H3/b25-16+/t27-/m0/s1. The maximum absolute atomic E-state index is 14.0. The molecule has 0 bridgehead atoms. The van der Waals surface area contributed by atoms with Gasteiger partial charge in [-0.05, 0) is 75.6 Å². The number of allylic oxidation sites excluding steroid dienone is 2. The van der Waals surface area contributed by atoms with Gasteiger partial charge in [-0.2, -0.15) is 0 Å². The van der Waals surface area contributed by atoms with Gasteiger partial charge in [-0.25, -0.2) is 9.79 Å². The van der Waals surface area contributed by atoms with Crippen molar-refractivity contribution >= 4 is 23.4 Å². The lowest BCUT2D eigenvalue weighted by molar-refractivity contribution is -0.139. The molecule has 0 fully saturated rings. The molecule has 2 aromatic carbocycles. The van der Waals surface area contributed by atoms with E-state index in [-0.39, 0.29) is 23.5 Å². The van der Waals surface area contributed by atoms with Crippen molar-refractivity contribution < 1.29 is 28.8 Å². The van der Waals surface area contributed by atoms with E-state index in [1.807, 2.05) is 13.8 Å². The molecule has 9 nitrogen and oxygen atoms in total. The van der Waals surface area contributed by atoms with Crippen LogP contribution in [0.25, 0.3) is 6.08 Å². The van der Waals surface area contributed by atoms with E-state index in [4.69, 9.17) is 18.9 Å². The van der Waals surface area contributed by atoms with Crippen LogP contribution in [0.3, 0.4) is 0 Å². The number of carbonyl (C=O) groups is 1. The predicted octanol–water partition coefficient (Wildman–Crippen LogP) is 4.04. The molecule has 2 heterocycles. The van der Waals surface area contributed by atoms with E-state index in [0.717, 1.165) is 0 Å². The summed E-state index contributed by atoms with van der Waals surface area (Å²) in [6.07, 6.45) is 3.85. The monoisotopic (exact) mass is 578 g/mol. The number of phenols is 1. The molecule has 3 aromatic rings. The summed E-state index contributed by atoms with van der Waals surface area (Å²) < 4.78 is 24.2. The van der Waals surface area contributed by atoms with Crippen molar-refractivity contribution in [3.63, 3.8) is 0 Å². The summed E-state index contributed by atoms with van der Waals surface area (Å²) in [5.74, 6) is 0.857. The number of phenolic OH excluding ortho intramolecular Hbond substituents is 1. The topological polar surface area (TPSA) is 109 Å². The van der Waals surface area contributed by atoms with E-state index in [1.54, 1.807) is 63.4 Å². The number of esters is 1. The highest BCUT2D eigenvalue weighted by atomic mass is 32.1. The summed E-state index contributed by atoms with van der Waals surface area (Å²) in [5.41, 5.74) is 2.37. The van der Waals surface area contributed by atoms with Gasteiger partial charge in [0.1, 0.15) is 0 Å². The Bertz CT molecular complexity index is 1680. The van der Waals surface area contributed by atoms with Crippen molar-refractivity contribution in [2.24, 2.45) is 4.99 Å². The van der Waals surface area contributed by atoms with Gasteiger partial charge < -0.3 is 24.1 Å². The molecule has 0 radical (unpaired) electrons. The lowest BCUT2D eigenvalue weighted by atomic mass is 9.95. The molecule has 216 valence electrons. The van der Waals surface area contributed by atoms with Gasteiger partial charge in [0.05, 0.1) is 48.8 Å². The van der Waals surface area contributed by atoms with E-state index in [9.17, 15) is 14.7 Å². The van der Waals surface area contributed by atoms with Crippen LogP contribution in [-0.4, -0.2) is 42.6 Å². The lowest BCUT2D eigenvalue weighted by Gasteiger charge is -2.25. The fraction of sp³-hybridized carbons (Fsp3) is 0.323. The fourth-order valence-corrected chi connectivity index (χ4v) is 5.79. The zero-order valence-corrected chi connectivity index (χ0v) is 24.7. The molecule has 0 saturated carbocycles. The first kappa shape index (κ1) is 29.7. The van der Waals surface area contributed by atoms with Crippen LogP contribution < -0.4 is 29.1 Å². The fourth-order valence-electron chi connectivity index (χ4n) is 4.74. The number of fused-ring (bicyclic) bond motifs is 1. The van der Waals surface area contributed by atoms with Crippen LogP contribution in [0.2, 0.25) is 0 Å². The van der Waals surface area contributed by atoms with Gasteiger partial charge >= 0.3 is 5.97 Å². The summed E-state index contributed by atoms with van der Waals surface area (Å²) in [6, 6.07) is 8.01. The second-order valence-corrected chi connectivity index (χ2v) is 10.1. The average Bonchev–Trinajstić information content (AvgIpc) is 3.24. The second-order valence-electron chi connectivity index (χ2n) is 9.10. The van der Waals surface area contributed by atoms with Crippen molar-refractivity contribution in [3.05, 3.63) is 90.6 Å². The van der Waals surface area contributed by atoms with Crippen LogP contribution in [0, 0.1) is 0 Å².